The summed E-state index contributed by atoms with van der Waals surface area (Å²) in [5.74, 6) is -1.45. The van der Waals surface area contributed by atoms with E-state index in [1.165, 1.54) is 16.9 Å². The highest BCUT2D eigenvalue weighted by atomic mass is 16.5. The Morgan fingerprint density at radius 3 is 2.16 bits per heavy atom. The summed E-state index contributed by atoms with van der Waals surface area (Å²) in [7, 11) is 1.26. The number of amides is 2. The number of esters is 1. The molecule has 0 aliphatic heterocycles. The summed E-state index contributed by atoms with van der Waals surface area (Å²) in [6.07, 6.45) is 0.594. The van der Waals surface area contributed by atoms with Crippen LogP contribution in [-0.2, 0) is 14.3 Å². The minimum absolute atomic E-state index is 0.113. The molecule has 7 nitrogen and oxygen atoms in total. The molecular weight excluding hydrogens is 252 g/mol. The number of ether oxygens (including phenoxy) is 1. The van der Waals surface area contributed by atoms with Crippen molar-refractivity contribution in [2.45, 2.75) is 26.7 Å². The predicted octanol–water partition coefficient (Wildman–Crippen LogP) is 0.788. The minimum Gasteiger partial charge on any atom is -0.481 e. The number of carbonyl (C=O) groups is 3. The number of rotatable bonds is 8. The van der Waals surface area contributed by atoms with Gasteiger partial charge in [0, 0.05) is 19.6 Å². The molecule has 0 spiro atoms. The summed E-state index contributed by atoms with van der Waals surface area (Å²) in [6, 6.07) is -0.337. The van der Waals surface area contributed by atoms with Crippen molar-refractivity contribution >= 4 is 18.0 Å². The van der Waals surface area contributed by atoms with E-state index in [0.717, 1.165) is 0 Å². The van der Waals surface area contributed by atoms with Crippen LogP contribution in [0.5, 0.6) is 0 Å². The lowest BCUT2D eigenvalue weighted by Crippen LogP contribution is -2.46. The number of urea groups is 1. The highest BCUT2D eigenvalue weighted by Gasteiger charge is 2.22. The lowest BCUT2D eigenvalue weighted by Gasteiger charge is -2.28. The first-order valence-corrected chi connectivity index (χ1v) is 6.28. The molecule has 0 saturated heterocycles. The van der Waals surface area contributed by atoms with Gasteiger partial charge in [-0.2, -0.15) is 0 Å². The Labute approximate surface area is 113 Å². The number of hydrogen-bond donors (Lipinski definition) is 1. The van der Waals surface area contributed by atoms with Crippen LogP contribution >= 0.6 is 0 Å². The lowest BCUT2D eigenvalue weighted by atomic mass is 10.3. The Kier molecular flexibility index (Phi) is 8.32. The van der Waals surface area contributed by atoms with Crippen molar-refractivity contribution in [1.82, 2.24) is 9.80 Å². The largest absolute Gasteiger partial charge is 0.481 e. The standard InChI is InChI=1S/C12H22N2O5/c1-4-7-14(9-11(17)19-3)12(18)13(5-2)8-6-10(15)16/h4-9H2,1-3H3,(H,15,16). The van der Waals surface area contributed by atoms with E-state index < -0.39 is 11.9 Å². The Balaban J connectivity index is 4.63. The second-order valence-corrected chi connectivity index (χ2v) is 4.00. The monoisotopic (exact) mass is 274 g/mol. The van der Waals surface area contributed by atoms with Gasteiger partial charge in [0.05, 0.1) is 13.5 Å². The summed E-state index contributed by atoms with van der Waals surface area (Å²) < 4.78 is 4.54. The van der Waals surface area contributed by atoms with Crippen molar-refractivity contribution in [2.75, 3.05) is 33.3 Å². The molecule has 0 aromatic rings. The zero-order valence-electron chi connectivity index (χ0n) is 11.7. The van der Waals surface area contributed by atoms with Gasteiger partial charge >= 0.3 is 18.0 Å². The van der Waals surface area contributed by atoms with Crippen molar-refractivity contribution in [1.29, 1.82) is 0 Å². The number of hydrogen-bond acceptors (Lipinski definition) is 4. The highest BCUT2D eigenvalue weighted by Crippen LogP contribution is 2.03. The molecule has 0 bridgehead atoms. The third-order valence-electron chi connectivity index (χ3n) is 2.56. The van der Waals surface area contributed by atoms with Crippen LogP contribution in [0.4, 0.5) is 4.79 Å². The van der Waals surface area contributed by atoms with Gasteiger partial charge in [-0.1, -0.05) is 6.92 Å². The van der Waals surface area contributed by atoms with E-state index in [1.54, 1.807) is 6.92 Å². The van der Waals surface area contributed by atoms with Gasteiger partial charge in [0.1, 0.15) is 6.54 Å². The van der Waals surface area contributed by atoms with Crippen molar-refractivity contribution < 1.29 is 24.2 Å². The number of carbonyl (C=O) groups excluding carboxylic acids is 2. The topological polar surface area (TPSA) is 87.2 Å². The van der Waals surface area contributed by atoms with Gasteiger partial charge in [-0.05, 0) is 13.3 Å². The van der Waals surface area contributed by atoms with Crippen LogP contribution in [0.1, 0.15) is 26.7 Å². The quantitative estimate of drug-likeness (QED) is 0.661. The molecule has 0 radical (unpaired) electrons. The molecule has 0 saturated carbocycles. The van der Waals surface area contributed by atoms with Gasteiger partial charge in [-0.15, -0.1) is 0 Å². The average molecular weight is 274 g/mol. The molecule has 0 rings (SSSR count). The highest BCUT2D eigenvalue weighted by molar-refractivity contribution is 5.81. The third-order valence-corrected chi connectivity index (χ3v) is 2.56. The Hall–Kier alpha value is -1.79. The van der Waals surface area contributed by atoms with E-state index in [0.29, 0.717) is 19.5 Å². The van der Waals surface area contributed by atoms with Gasteiger partial charge in [-0.3, -0.25) is 9.59 Å². The second kappa shape index (κ2) is 9.18. The molecule has 0 atom stereocenters. The SMILES string of the molecule is CCCN(CC(=O)OC)C(=O)N(CC)CCC(=O)O. The normalized spacial score (nSPS) is 9.84. The van der Waals surface area contributed by atoms with E-state index in [9.17, 15) is 14.4 Å². The molecule has 0 unspecified atom stereocenters. The number of carboxylic acids is 1. The minimum atomic E-state index is -0.957. The van der Waals surface area contributed by atoms with E-state index in [-0.39, 0.29) is 25.5 Å². The van der Waals surface area contributed by atoms with E-state index in [4.69, 9.17) is 5.11 Å². The molecule has 110 valence electrons. The first-order valence-electron chi connectivity index (χ1n) is 6.28. The van der Waals surface area contributed by atoms with Gasteiger partial charge in [-0.25, -0.2) is 4.79 Å². The van der Waals surface area contributed by atoms with Crippen LogP contribution in [0.3, 0.4) is 0 Å². The lowest BCUT2D eigenvalue weighted by molar-refractivity contribution is -0.141. The maximum absolute atomic E-state index is 12.2. The van der Waals surface area contributed by atoms with Crippen molar-refractivity contribution in [3.8, 4) is 0 Å². The number of nitrogens with zero attached hydrogens (tertiary/aromatic N) is 2. The van der Waals surface area contributed by atoms with Crippen LogP contribution in [0, 0.1) is 0 Å². The molecule has 2 amide bonds. The molecule has 19 heavy (non-hydrogen) atoms. The van der Waals surface area contributed by atoms with Gasteiger partial charge < -0.3 is 19.6 Å². The fourth-order valence-electron chi connectivity index (χ4n) is 1.55. The summed E-state index contributed by atoms with van der Waals surface area (Å²) in [6.45, 7) is 4.50. The first-order chi connectivity index (χ1) is 8.96. The van der Waals surface area contributed by atoms with Gasteiger partial charge in [0.15, 0.2) is 0 Å². The van der Waals surface area contributed by atoms with Gasteiger partial charge in [0.25, 0.3) is 0 Å². The van der Waals surface area contributed by atoms with Crippen molar-refractivity contribution in [3.05, 3.63) is 0 Å². The summed E-state index contributed by atoms with van der Waals surface area (Å²) in [4.78, 5) is 36.7. The van der Waals surface area contributed by atoms with Crippen molar-refractivity contribution in [3.63, 3.8) is 0 Å². The van der Waals surface area contributed by atoms with E-state index in [2.05, 4.69) is 4.74 Å². The maximum atomic E-state index is 12.2. The summed E-state index contributed by atoms with van der Waals surface area (Å²) in [5.41, 5.74) is 0. The smallest absolute Gasteiger partial charge is 0.325 e. The zero-order chi connectivity index (χ0) is 14.8. The van der Waals surface area contributed by atoms with Crippen LogP contribution in [0.25, 0.3) is 0 Å². The molecule has 0 aliphatic rings. The molecule has 7 heteroatoms. The predicted molar refractivity (Wildman–Crippen MR) is 68.8 cm³/mol. The molecule has 0 heterocycles. The van der Waals surface area contributed by atoms with E-state index >= 15 is 0 Å². The molecule has 1 N–H and O–H groups in total. The van der Waals surface area contributed by atoms with Crippen LogP contribution in [0.15, 0.2) is 0 Å². The second-order valence-electron chi connectivity index (χ2n) is 4.00. The van der Waals surface area contributed by atoms with Crippen LogP contribution in [0.2, 0.25) is 0 Å². The maximum Gasteiger partial charge on any atom is 0.325 e. The zero-order valence-corrected chi connectivity index (χ0v) is 11.7. The van der Waals surface area contributed by atoms with E-state index in [1.807, 2.05) is 6.92 Å². The fraction of sp³-hybridized carbons (Fsp3) is 0.750. The third kappa shape index (κ3) is 6.64. The average Bonchev–Trinajstić information content (AvgIpc) is 2.38. The Morgan fingerprint density at radius 1 is 1.11 bits per heavy atom. The molecule has 0 aromatic heterocycles. The molecular formula is C12H22N2O5. The molecule has 0 fully saturated rings. The van der Waals surface area contributed by atoms with Gasteiger partial charge in [0.2, 0.25) is 0 Å². The summed E-state index contributed by atoms with van der Waals surface area (Å²) in [5, 5.41) is 8.64. The Bertz CT molecular complexity index is 319. The number of aliphatic carboxylic acids is 1. The van der Waals surface area contributed by atoms with Crippen molar-refractivity contribution in [2.24, 2.45) is 0 Å². The first kappa shape index (κ1) is 17.2. The number of methoxy groups -OCH3 is 1. The Morgan fingerprint density at radius 2 is 1.74 bits per heavy atom. The van der Waals surface area contributed by atoms with Crippen LogP contribution < -0.4 is 0 Å². The molecule has 0 aromatic carbocycles. The van der Waals surface area contributed by atoms with Crippen LogP contribution in [-0.4, -0.2) is 66.2 Å². The molecule has 0 aliphatic carbocycles. The number of carboxylic acid groups (broad SMARTS) is 1. The fourth-order valence-corrected chi connectivity index (χ4v) is 1.55. The summed E-state index contributed by atoms with van der Waals surface area (Å²) >= 11 is 0.